The molecule has 9 heteroatoms. The van der Waals surface area contributed by atoms with Gasteiger partial charge in [0.25, 0.3) is 5.91 Å². The average Bonchev–Trinajstić information content (AvgIpc) is 3.48. The third-order valence-corrected chi connectivity index (χ3v) is 6.37. The van der Waals surface area contributed by atoms with E-state index in [1.54, 1.807) is 48.7 Å². The molecule has 36 heavy (non-hydrogen) atoms. The summed E-state index contributed by atoms with van der Waals surface area (Å²) in [5.41, 5.74) is 5.01. The minimum atomic E-state index is -0.258. The topological polar surface area (TPSA) is 97.7 Å². The maximum atomic E-state index is 13.1. The van der Waals surface area contributed by atoms with Crippen molar-refractivity contribution in [3.8, 4) is 11.5 Å². The molecule has 0 bridgehead atoms. The Balaban J connectivity index is 1.24. The fourth-order valence-corrected chi connectivity index (χ4v) is 4.47. The quantitative estimate of drug-likeness (QED) is 0.428. The number of amides is 3. The maximum absolute atomic E-state index is 13.1. The predicted molar refractivity (Wildman–Crippen MR) is 138 cm³/mol. The molecule has 0 atom stereocenters. The van der Waals surface area contributed by atoms with Gasteiger partial charge in [0.05, 0.1) is 26.1 Å². The number of nitrogens with zero attached hydrogens (tertiary/aromatic N) is 3. The molecule has 4 aromatic rings. The number of hydrogen-bond acceptors (Lipinski definition) is 5. The van der Waals surface area contributed by atoms with Crippen molar-refractivity contribution in [1.82, 2.24) is 14.9 Å². The van der Waals surface area contributed by atoms with Crippen LogP contribution in [-0.4, -0.2) is 42.3 Å². The van der Waals surface area contributed by atoms with Crippen molar-refractivity contribution in [1.29, 1.82) is 0 Å². The molecule has 0 radical (unpaired) electrons. The van der Waals surface area contributed by atoms with Crippen LogP contribution in [-0.2, 0) is 20.0 Å². The number of aromatic nitrogens is 2. The van der Waals surface area contributed by atoms with E-state index in [2.05, 4.69) is 32.3 Å². The highest BCUT2D eigenvalue weighted by atomic mass is 16.5. The fraction of sp³-hybridized carbons (Fsp3) is 0.222. The van der Waals surface area contributed by atoms with Gasteiger partial charge < -0.3 is 24.7 Å². The van der Waals surface area contributed by atoms with E-state index in [4.69, 9.17) is 9.47 Å². The number of pyridine rings is 1. The normalized spacial score (nSPS) is 12.4. The molecule has 9 nitrogen and oxygen atoms in total. The van der Waals surface area contributed by atoms with Crippen LogP contribution in [0.3, 0.4) is 0 Å². The summed E-state index contributed by atoms with van der Waals surface area (Å²) >= 11 is 0. The molecule has 5 rings (SSSR count). The summed E-state index contributed by atoms with van der Waals surface area (Å²) < 4.78 is 12.6. The summed E-state index contributed by atoms with van der Waals surface area (Å²) in [6.45, 7) is 0.869. The van der Waals surface area contributed by atoms with Gasteiger partial charge in [0.15, 0.2) is 11.5 Å². The van der Waals surface area contributed by atoms with Gasteiger partial charge in [-0.3, -0.25) is 14.7 Å². The first kappa shape index (κ1) is 23.2. The van der Waals surface area contributed by atoms with Crippen molar-refractivity contribution in [2.24, 2.45) is 7.05 Å². The van der Waals surface area contributed by atoms with E-state index in [1.165, 1.54) is 7.11 Å². The Morgan fingerprint density at radius 1 is 1.03 bits per heavy atom. The molecule has 0 saturated heterocycles. The van der Waals surface area contributed by atoms with Crippen molar-refractivity contribution < 1.29 is 19.1 Å². The molecule has 0 saturated carbocycles. The van der Waals surface area contributed by atoms with E-state index >= 15 is 0 Å². The highest BCUT2D eigenvalue weighted by molar-refractivity contribution is 6.04. The second-order valence-corrected chi connectivity index (χ2v) is 8.63. The van der Waals surface area contributed by atoms with Gasteiger partial charge in [-0.05, 0) is 60.0 Å². The second kappa shape index (κ2) is 9.61. The monoisotopic (exact) mass is 485 g/mol. The molecule has 0 spiro atoms. The molecule has 1 aliphatic heterocycles. The maximum Gasteiger partial charge on any atom is 0.326 e. The van der Waals surface area contributed by atoms with Crippen LogP contribution in [0, 0.1) is 0 Å². The lowest BCUT2D eigenvalue weighted by Gasteiger charge is -2.18. The van der Waals surface area contributed by atoms with Crippen molar-refractivity contribution in [2.75, 3.05) is 31.0 Å². The van der Waals surface area contributed by atoms with Crippen LogP contribution in [0.15, 0.2) is 61.1 Å². The smallest absolute Gasteiger partial charge is 0.326 e. The number of fused-ring (bicyclic) bond motifs is 2. The van der Waals surface area contributed by atoms with Gasteiger partial charge in [0.1, 0.15) is 0 Å². The van der Waals surface area contributed by atoms with Crippen LogP contribution < -0.4 is 25.0 Å². The zero-order valence-electron chi connectivity index (χ0n) is 20.4. The summed E-state index contributed by atoms with van der Waals surface area (Å²) in [5, 5.41) is 6.91. The van der Waals surface area contributed by atoms with Gasteiger partial charge in [0, 0.05) is 54.7 Å². The van der Waals surface area contributed by atoms with Crippen molar-refractivity contribution in [2.45, 2.75) is 13.0 Å². The first-order chi connectivity index (χ1) is 17.5. The van der Waals surface area contributed by atoms with Gasteiger partial charge in [-0.25, -0.2) is 4.79 Å². The van der Waals surface area contributed by atoms with Gasteiger partial charge in [0.2, 0.25) is 0 Å². The average molecular weight is 486 g/mol. The third-order valence-electron chi connectivity index (χ3n) is 6.37. The number of methoxy groups -OCH3 is 2. The van der Waals surface area contributed by atoms with E-state index < -0.39 is 0 Å². The van der Waals surface area contributed by atoms with Crippen LogP contribution in [0.4, 0.5) is 16.2 Å². The number of carbonyl (C=O) groups is 2. The van der Waals surface area contributed by atoms with E-state index in [1.807, 2.05) is 19.3 Å². The number of rotatable bonds is 6. The fourth-order valence-electron chi connectivity index (χ4n) is 4.47. The number of aryl methyl sites for hydroxylation is 1. The largest absolute Gasteiger partial charge is 0.493 e. The standard InChI is InChI=1S/C27H27N5O4/c1-31-8-6-18-12-23-19(11-22(18)31)7-9-32(23)27(34)30-21-10-17(14-28-16-21)15-29-26(33)20-4-5-24(35-2)25(13-20)36-3/h4-6,8,10-14,16H,7,9,15H2,1-3H3,(H,29,33)(H,30,34). The van der Waals surface area contributed by atoms with Crippen LogP contribution in [0.2, 0.25) is 0 Å². The SMILES string of the molecule is COc1ccc(C(=O)NCc2cncc(NC(=O)N3CCc4cc5c(ccn5C)cc43)c2)cc1OC. The lowest BCUT2D eigenvalue weighted by atomic mass is 10.1. The Kier molecular flexibility index (Phi) is 6.20. The minimum Gasteiger partial charge on any atom is -0.493 e. The second-order valence-electron chi connectivity index (χ2n) is 8.63. The zero-order chi connectivity index (χ0) is 25.2. The predicted octanol–water partition coefficient (Wildman–Crippen LogP) is 4.12. The number of ether oxygens (including phenoxy) is 2. The molecule has 0 aliphatic carbocycles. The molecular weight excluding hydrogens is 458 g/mol. The summed E-state index contributed by atoms with van der Waals surface area (Å²) in [5.74, 6) is 0.773. The summed E-state index contributed by atoms with van der Waals surface area (Å²) in [7, 11) is 5.08. The number of benzene rings is 2. The number of hydrogen-bond donors (Lipinski definition) is 2. The van der Waals surface area contributed by atoms with Crippen LogP contribution in [0.1, 0.15) is 21.5 Å². The lowest BCUT2D eigenvalue weighted by Crippen LogP contribution is -2.33. The Hall–Kier alpha value is -4.53. The molecule has 0 unspecified atom stereocenters. The molecule has 3 heterocycles. The third kappa shape index (κ3) is 4.43. The van der Waals surface area contributed by atoms with E-state index in [9.17, 15) is 9.59 Å². The molecule has 2 N–H and O–H groups in total. The Labute approximate surface area is 208 Å². The Morgan fingerprint density at radius 3 is 2.67 bits per heavy atom. The van der Waals surface area contributed by atoms with Crippen LogP contribution in [0.25, 0.3) is 10.9 Å². The van der Waals surface area contributed by atoms with Gasteiger partial charge in [-0.15, -0.1) is 0 Å². The highest BCUT2D eigenvalue weighted by Crippen LogP contribution is 2.33. The van der Waals surface area contributed by atoms with Crippen LogP contribution >= 0.6 is 0 Å². The van der Waals surface area contributed by atoms with E-state index in [0.717, 1.165) is 34.1 Å². The Morgan fingerprint density at radius 2 is 1.86 bits per heavy atom. The first-order valence-electron chi connectivity index (χ1n) is 11.6. The Bertz CT molecular complexity index is 1460. The summed E-state index contributed by atoms with van der Waals surface area (Å²) in [6, 6.07) is 12.8. The summed E-state index contributed by atoms with van der Waals surface area (Å²) in [6.07, 6.45) is 6.08. The molecule has 0 fully saturated rings. The number of nitrogens with one attached hydrogen (secondary N) is 2. The van der Waals surface area contributed by atoms with Crippen molar-refractivity contribution in [3.63, 3.8) is 0 Å². The number of anilines is 2. The summed E-state index contributed by atoms with van der Waals surface area (Å²) in [4.78, 5) is 31.7. The molecule has 2 aromatic carbocycles. The van der Waals surface area contributed by atoms with Gasteiger partial charge in [-0.2, -0.15) is 0 Å². The number of urea groups is 1. The molecule has 184 valence electrons. The molecule has 3 amide bonds. The van der Waals surface area contributed by atoms with Crippen LogP contribution in [0.5, 0.6) is 11.5 Å². The molecular formula is C27H27N5O4. The molecule has 1 aliphatic rings. The van der Waals surface area contributed by atoms with Gasteiger partial charge in [-0.1, -0.05) is 0 Å². The number of carbonyl (C=O) groups excluding carboxylic acids is 2. The minimum absolute atomic E-state index is 0.211. The first-order valence-corrected chi connectivity index (χ1v) is 11.6. The van der Waals surface area contributed by atoms with E-state index in [0.29, 0.717) is 29.3 Å². The van der Waals surface area contributed by atoms with Crippen molar-refractivity contribution in [3.05, 3.63) is 77.7 Å². The van der Waals surface area contributed by atoms with E-state index in [-0.39, 0.29) is 18.5 Å². The lowest BCUT2D eigenvalue weighted by molar-refractivity contribution is 0.0950. The zero-order valence-corrected chi connectivity index (χ0v) is 20.4. The van der Waals surface area contributed by atoms with Crippen molar-refractivity contribution >= 4 is 34.2 Å². The molecule has 2 aromatic heterocycles. The van der Waals surface area contributed by atoms with Gasteiger partial charge >= 0.3 is 6.03 Å². The highest BCUT2D eigenvalue weighted by Gasteiger charge is 2.26.